The van der Waals surface area contributed by atoms with Crippen LogP contribution in [0.15, 0.2) is 36.8 Å². The summed E-state index contributed by atoms with van der Waals surface area (Å²) >= 11 is 0. The van der Waals surface area contributed by atoms with Crippen molar-refractivity contribution < 1.29 is 9.53 Å². The summed E-state index contributed by atoms with van der Waals surface area (Å²) in [4.78, 5) is 19.8. The summed E-state index contributed by atoms with van der Waals surface area (Å²) in [5.41, 5.74) is 3.22. The Morgan fingerprint density at radius 1 is 1.39 bits per heavy atom. The first-order chi connectivity index (χ1) is 8.72. The van der Waals surface area contributed by atoms with E-state index in [-0.39, 0.29) is 0 Å². The zero-order valence-corrected chi connectivity index (χ0v) is 10.4. The van der Waals surface area contributed by atoms with E-state index >= 15 is 0 Å². The first-order valence-corrected chi connectivity index (χ1v) is 5.76. The molecule has 4 heteroatoms. The monoisotopic (exact) mass is 242 g/mol. The van der Waals surface area contributed by atoms with Crippen LogP contribution >= 0.6 is 0 Å². The zero-order valence-electron chi connectivity index (χ0n) is 10.4. The Kier molecular flexibility index (Phi) is 3.67. The smallest absolute Gasteiger partial charge is 0.356 e. The molecule has 0 spiro atoms. The van der Waals surface area contributed by atoms with Crippen LogP contribution in [0.5, 0.6) is 0 Å². The number of hydrogen-bond acceptors (Lipinski definition) is 4. The minimum absolute atomic E-state index is 0.321. The van der Waals surface area contributed by atoms with Crippen molar-refractivity contribution in [2.45, 2.75) is 13.8 Å². The number of carbonyl (C=O) groups excluding carboxylic acids is 1. The molecule has 0 aliphatic carbocycles. The molecule has 0 N–H and O–H groups in total. The molecule has 0 bridgehead atoms. The van der Waals surface area contributed by atoms with Gasteiger partial charge in [0.15, 0.2) is 0 Å². The van der Waals surface area contributed by atoms with Crippen LogP contribution in [-0.2, 0) is 4.74 Å². The van der Waals surface area contributed by atoms with E-state index in [0.717, 1.165) is 16.7 Å². The highest BCUT2D eigenvalue weighted by Gasteiger charge is 2.11. The molecule has 2 aromatic heterocycles. The van der Waals surface area contributed by atoms with Gasteiger partial charge in [-0.05, 0) is 37.1 Å². The Morgan fingerprint density at radius 2 is 2.22 bits per heavy atom. The number of pyridine rings is 2. The highest BCUT2D eigenvalue weighted by Crippen LogP contribution is 2.22. The predicted molar refractivity (Wildman–Crippen MR) is 68.2 cm³/mol. The van der Waals surface area contributed by atoms with Gasteiger partial charge in [-0.25, -0.2) is 9.78 Å². The first-order valence-electron chi connectivity index (χ1n) is 5.76. The van der Waals surface area contributed by atoms with Gasteiger partial charge in [0.1, 0.15) is 5.69 Å². The molecule has 2 rings (SSSR count). The average molecular weight is 242 g/mol. The molecular weight excluding hydrogens is 228 g/mol. The van der Waals surface area contributed by atoms with Gasteiger partial charge >= 0.3 is 5.97 Å². The topological polar surface area (TPSA) is 52.1 Å². The van der Waals surface area contributed by atoms with Crippen molar-refractivity contribution in [2.24, 2.45) is 0 Å². The number of aryl methyl sites for hydroxylation is 1. The summed E-state index contributed by atoms with van der Waals surface area (Å²) in [6.07, 6.45) is 5.15. The maximum Gasteiger partial charge on any atom is 0.356 e. The molecule has 0 saturated carbocycles. The Hall–Kier alpha value is -2.23. The minimum Gasteiger partial charge on any atom is -0.461 e. The third-order valence-electron chi connectivity index (χ3n) is 2.56. The van der Waals surface area contributed by atoms with Crippen molar-refractivity contribution in [2.75, 3.05) is 6.61 Å². The number of rotatable bonds is 3. The van der Waals surface area contributed by atoms with E-state index < -0.39 is 5.97 Å². The number of hydrogen-bond donors (Lipinski definition) is 0. The van der Waals surface area contributed by atoms with Crippen molar-refractivity contribution in [3.8, 4) is 11.1 Å². The van der Waals surface area contributed by atoms with Crippen LogP contribution in [0.4, 0.5) is 0 Å². The zero-order chi connectivity index (χ0) is 13.0. The molecule has 0 fully saturated rings. The van der Waals surface area contributed by atoms with Crippen LogP contribution in [0.3, 0.4) is 0 Å². The molecule has 0 saturated heterocycles. The fraction of sp³-hybridized carbons (Fsp3) is 0.214. The van der Waals surface area contributed by atoms with E-state index in [2.05, 4.69) is 9.97 Å². The second kappa shape index (κ2) is 5.40. The van der Waals surface area contributed by atoms with Crippen LogP contribution in [0, 0.1) is 6.92 Å². The Balaban J connectivity index is 2.42. The summed E-state index contributed by atoms with van der Waals surface area (Å²) in [5, 5.41) is 0. The second-order valence-electron chi connectivity index (χ2n) is 3.85. The van der Waals surface area contributed by atoms with Crippen molar-refractivity contribution in [1.29, 1.82) is 0 Å². The second-order valence-corrected chi connectivity index (χ2v) is 3.85. The quantitative estimate of drug-likeness (QED) is 0.776. The Bertz CT molecular complexity index is 553. The van der Waals surface area contributed by atoms with Crippen molar-refractivity contribution in [3.63, 3.8) is 0 Å². The molecule has 4 nitrogen and oxygen atoms in total. The van der Waals surface area contributed by atoms with Gasteiger partial charge in [0.2, 0.25) is 0 Å². The van der Waals surface area contributed by atoms with E-state index in [1.807, 2.05) is 19.1 Å². The van der Waals surface area contributed by atoms with E-state index in [0.29, 0.717) is 12.3 Å². The molecule has 0 atom stereocenters. The van der Waals surface area contributed by atoms with E-state index in [4.69, 9.17) is 4.74 Å². The van der Waals surface area contributed by atoms with E-state index in [9.17, 15) is 4.79 Å². The summed E-state index contributed by atoms with van der Waals surface area (Å²) in [6, 6.07) is 5.55. The van der Waals surface area contributed by atoms with Gasteiger partial charge in [-0.2, -0.15) is 0 Å². The standard InChI is InChI=1S/C14H14N2O2/c1-3-18-14(17)13-7-12(10(2)8-16-13)11-5-4-6-15-9-11/h4-9H,3H2,1-2H3. The fourth-order valence-electron chi connectivity index (χ4n) is 1.67. The minimum atomic E-state index is -0.400. The Labute approximate surface area is 106 Å². The molecular formula is C14H14N2O2. The lowest BCUT2D eigenvalue weighted by atomic mass is 10.0. The highest BCUT2D eigenvalue weighted by atomic mass is 16.5. The summed E-state index contributed by atoms with van der Waals surface area (Å²) < 4.78 is 4.94. The highest BCUT2D eigenvalue weighted by molar-refractivity contribution is 5.89. The normalized spacial score (nSPS) is 10.1. The molecule has 0 amide bonds. The number of carbonyl (C=O) groups is 1. The molecule has 0 aliphatic rings. The largest absolute Gasteiger partial charge is 0.461 e. The average Bonchev–Trinajstić information content (AvgIpc) is 2.40. The molecule has 0 radical (unpaired) electrons. The number of aromatic nitrogens is 2. The molecule has 18 heavy (non-hydrogen) atoms. The maximum absolute atomic E-state index is 11.6. The SMILES string of the molecule is CCOC(=O)c1cc(-c2cccnc2)c(C)cn1. The molecule has 0 aromatic carbocycles. The van der Waals surface area contributed by atoms with Crippen molar-refractivity contribution >= 4 is 5.97 Å². The summed E-state index contributed by atoms with van der Waals surface area (Å²) in [6.45, 7) is 4.06. The van der Waals surface area contributed by atoms with Crippen LogP contribution < -0.4 is 0 Å². The third kappa shape index (κ3) is 2.53. The molecule has 2 aromatic rings. The third-order valence-corrected chi connectivity index (χ3v) is 2.56. The number of esters is 1. The first kappa shape index (κ1) is 12.2. The molecule has 2 heterocycles. The van der Waals surface area contributed by atoms with E-state index in [1.165, 1.54) is 0 Å². The maximum atomic E-state index is 11.6. The number of nitrogens with zero attached hydrogens (tertiary/aromatic N) is 2. The number of ether oxygens (including phenoxy) is 1. The van der Waals surface area contributed by atoms with Gasteiger partial charge in [0, 0.05) is 24.2 Å². The Morgan fingerprint density at radius 3 is 2.89 bits per heavy atom. The van der Waals surface area contributed by atoms with Crippen LogP contribution in [0.1, 0.15) is 23.0 Å². The van der Waals surface area contributed by atoms with E-state index in [1.54, 1.807) is 31.6 Å². The van der Waals surface area contributed by atoms with Crippen LogP contribution in [0.2, 0.25) is 0 Å². The van der Waals surface area contributed by atoms with Gasteiger partial charge in [-0.15, -0.1) is 0 Å². The lowest BCUT2D eigenvalue weighted by Gasteiger charge is -2.07. The fourth-order valence-corrected chi connectivity index (χ4v) is 1.67. The molecule has 92 valence electrons. The molecule has 0 unspecified atom stereocenters. The summed E-state index contributed by atoms with van der Waals surface area (Å²) in [5.74, 6) is -0.400. The van der Waals surface area contributed by atoms with Gasteiger partial charge in [0.05, 0.1) is 6.61 Å². The lowest BCUT2D eigenvalue weighted by Crippen LogP contribution is -2.07. The summed E-state index contributed by atoms with van der Waals surface area (Å²) in [7, 11) is 0. The van der Waals surface area contributed by atoms with Gasteiger partial charge in [-0.1, -0.05) is 6.07 Å². The van der Waals surface area contributed by atoms with Gasteiger partial charge in [0.25, 0.3) is 0 Å². The van der Waals surface area contributed by atoms with Crippen molar-refractivity contribution in [3.05, 3.63) is 48.0 Å². The van der Waals surface area contributed by atoms with Gasteiger partial charge in [-0.3, -0.25) is 4.98 Å². The van der Waals surface area contributed by atoms with Crippen molar-refractivity contribution in [1.82, 2.24) is 9.97 Å². The predicted octanol–water partition coefficient (Wildman–Crippen LogP) is 2.63. The molecule has 0 aliphatic heterocycles. The van der Waals surface area contributed by atoms with Gasteiger partial charge < -0.3 is 4.74 Å². The lowest BCUT2D eigenvalue weighted by molar-refractivity contribution is 0.0519. The van der Waals surface area contributed by atoms with Crippen LogP contribution in [-0.4, -0.2) is 22.5 Å². The van der Waals surface area contributed by atoms with Crippen LogP contribution in [0.25, 0.3) is 11.1 Å².